The van der Waals surface area contributed by atoms with E-state index in [9.17, 15) is 4.79 Å². The van der Waals surface area contributed by atoms with Crippen molar-refractivity contribution in [2.45, 2.75) is 104 Å². The molecule has 4 saturated carbocycles. The van der Waals surface area contributed by atoms with E-state index in [1.165, 1.54) is 64.2 Å². The molecule has 1 N–H and O–H groups in total. The van der Waals surface area contributed by atoms with Crippen LogP contribution in [0.15, 0.2) is 0 Å². The third kappa shape index (κ3) is 5.83. The van der Waals surface area contributed by atoms with Gasteiger partial charge in [-0.2, -0.15) is 0 Å². The molecule has 4 unspecified atom stereocenters. The smallest absolute Gasteiger partial charge is 0.220 e. The molecule has 0 heterocycles. The van der Waals surface area contributed by atoms with E-state index in [4.69, 9.17) is 0 Å². The van der Waals surface area contributed by atoms with Gasteiger partial charge in [0, 0.05) is 19.4 Å². The van der Waals surface area contributed by atoms with Gasteiger partial charge in [-0.25, -0.2) is 0 Å². The highest BCUT2D eigenvalue weighted by Gasteiger charge is 2.60. The van der Waals surface area contributed by atoms with Crippen molar-refractivity contribution in [1.29, 1.82) is 0 Å². The van der Waals surface area contributed by atoms with Gasteiger partial charge in [0.25, 0.3) is 0 Å². The first-order valence-corrected chi connectivity index (χ1v) is 14.6. The summed E-state index contributed by atoms with van der Waals surface area (Å²) >= 11 is 0. The zero-order valence-electron chi connectivity index (χ0n) is 23.3. The molecular formula is C30H55IN2O. The highest BCUT2D eigenvalue weighted by Crippen LogP contribution is 2.68. The molecule has 34 heavy (non-hydrogen) atoms. The standard InChI is InChI=1S/C30H54N2O.HI/c1-22(11-16-28(33)31-20-9-21-32(4,5)6)25-14-15-26-24-13-12-23-10-7-8-18-29(23,2)27(24)17-19-30(25,26)3;/h22-27H,7-21H2,1-6H3;1H/t22-,23?,24?,25-,26?,27?,29+,30-;/m1./s1. The molecule has 0 saturated heterocycles. The Kier molecular flexibility index (Phi) is 9.52. The zero-order valence-corrected chi connectivity index (χ0v) is 25.5. The van der Waals surface area contributed by atoms with Crippen LogP contribution in [0.25, 0.3) is 0 Å². The van der Waals surface area contributed by atoms with Crippen molar-refractivity contribution in [2.24, 2.45) is 46.3 Å². The normalized spacial score (nSPS) is 40.4. The molecule has 4 aliphatic rings. The van der Waals surface area contributed by atoms with Crippen LogP contribution in [-0.4, -0.2) is 44.6 Å². The van der Waals surface area contributed by atoms with Crippen molar-refractivity contribution in [2.75, 3.05) is 34.2 Å². The minimum atomic E-state index is 0. The number of amides is 1. The average Bonchev–Trinajstić information content (AvgIpc) is 3.11. The maximum absolute atomic E-state index is 12.5. The van der Waals surface area contributed by atoms with Crippen molar-refractivity contribution in [1.82, 2.24) is 5.32 Å². The molecular weight excluding hydrogens is 531 g/mol. The SMILES string of the molecule is C[C@H](CCC(=O)NCCC[N+](C)(C)C)[C@H]1CCC2C3CCC4CCCC[C@]4(C)C3CC[C@@]21C.[I-]. The molecule has 1 amide bonds. The van der Waals surface area contributed by atoms with Crippen molar-refractivity contribution >= 4 is 5.91 Å². The Bertz CT molecular complexity index is 690. The van der Waals surface area contributed by atoms with Gasteiger partial charge in [-0.1, -0.05) is 33.6 Å². The Balaban J connectivity index is 0.00000324. The van der Waals surface area contributed by atoms with Crippen LogP contribution in [-0.2, 0) is 4.79 Å². The van der Waals surface area contributed by atoms with E-state index in [-0.39, 0.29) is 29.9 Å². The number of hydrogen-bond acceptors (Lipinski definition) is 1. The van der Waals surface area contributed by atoms with Gasteiger partial charge in [0.05, 0.1) is 27.7 Å². The van der Waals surface area contributed by atoms with E-state index >= 15 is 0 Å². The van der Waals surface area contributed by atoms with E-state index in [1.54, 1.807) is 0 Å². The Morgan fingerprint density at radius 2 is 1.68 bits per heavy atom. The summed E-state index contributed by atoms with van der Waals surface area (Å²) in [7, 11) is 6.65. The van der Waals surface area contributed by atoms with Gasteiger partial charge >= 0.3 is 0 Å². The number of rotatable bonds is 8. The lowest BCUT2D eigenvalue weighted by atomic mass is 9.44. The third-order valence-electron chi connectivity index (χ3n) is 11.5. The second-order valence-electron chi connectivity index (χ2n) is 14.4. The van der Waals surface area contributed by atoms with Crippen LogP contribution in [0.5, 0.6) is 0 Å². The van der Waals surface area contributed by atoms with E-state index in [1.807, 2.05) is 0 Å². The predicted octanol–water partition coefficient (Wildman–Crippen LogP) is 3.67. The zero-order chi connectivity index (χ0) is 23.9. The summed E-state index contributed by atoms with van der Waals surface area (Å²) in [5.41, 5.74) is 1.18. The minimum Gasteiger partial charge on any atom is -1.00 e. The van der Waals surface area contributed by atoms with Gasteiger partial charge in [0.15, 0.2) is 0 Å². The summed E-state index contributed by atoms with van der Waals surface area (Å²) in [6.45, 7) is 9.77. The molecule has 0 aliphatic heterocycles. The number of halogens is 1. The number of quaternary nitrogens is 1. The van der Waals surface area contributed by atoms with Crippen LogP contribution in [0.3, 0.4) is 0 Å². The second kappa shape index (κ2) is 11.3. The molecule has 4 heteroatoms. The van der Waals surface area contributed by atoms with E-state index in [2.05, 4.69) is 47.2 Å². The fourth-order valence-corrected chi connectivity index (χ4v) is 9.70. The monoisotopic (exact) mass is 586 g/mol. The lowest BCUT2D eigenvalue weighted by Crippen LogP contribution is -3.00. The number of nitrogens with one attached hydrogen (secondary N) is 1. The Morgan fingerprint density at radius 3 is 2.41 bits per heavy atom. The summed E-state index contributed by atoms with van der Waals surface area (Å²) in [4.78, 5) is 12.5. The molecule has 0 aromatic rings. The van der Waals surface area contributed by atoms with Gasteiger partial charge in [0.1, 0.15) is 0 Å². The van der Waals surface area contributed by atoms with Crippen molar-refractivity contribution < 1.29 is 33.3 Å². The summed E-state index contributed by atoms with van der Waals surface area (Å²) < 4.78 is 0.968. The highest BCUT2D eigenvalue weighted by molar-refractivity contribution is 5.75. The molecule has 4 rings (SSSR count). The molecule has 8 atom stereocenters. The maximum Gasteiger partial charge on any atom is 0.220 e. The largest absolute Gasteiger partial charge is 1.00 e. The summed E-state index contributed by atoms with van der Waals surface area (Å²) in [5.74, 6) is 5.74. The third-order valence-corrected chi connectivity index (χ3v) is 11.5. The molecule has 0 bridgehead atoms. The fraction of sp³-hybridized carbons (Fsp3) is 0.967. The number of fused-ring (bicyclic) bond motifs is 5. The van der Waals surface area contributed by atoms with Crippen LogP contribution in [0.2, 0.25) is 0 Å². The van der Waals surface area contributed by atoms with Crippen LogP contribution < -0.4 is 29.3 Å². The Hall–Kier alpha value is 0.160. The molecule has 0 aromatic carbocycles. The number of carbonyl (C=O) groups is 1. The Morgan fingerprint density at radius 1 is 0.941 bits per heavy atom. The quantitative estimate of drug-likeness (QED) is 0.263. The van der Waals surface area contributed by atoms with Crippen molar-refractivity contribution in [3.05, 3.63) is 0 Å². The topological polar surface area (TPSA) is 29.1 Å². The lowest BCUT2D eigenvalue weighted by Gasteiger charge is -2.61. The van der Waals surface area contributed by atoms with Crippen LogP contribution in [0.4, 0.5) is 0 Å². The van der Waals surface area contributed by atoms with E-state index in [0.717, 1.165) is 60.0 Å². The first-order chi connectivity index (χ1) is 15.5. The van der Waals surface area contributed by atoms with Gasteiger partial charge in [-0.15, -0.1) is 0 Å². The second-order valence-corrected chi connectivity index (χ2v) is 14.4. The molecule has 4 aliphatic carbocycles. The highest BCUT2D eigenvalue weighted by atomic mass is 127. The molecule has 0 aromatic heterocycles. The van der Waals surface area contributed by atoms with Crippen LogP contribution in [0, 0.1) is 46.3 Å². The molecule has 0 spiro atoms. The number of nitrogens with zero attached hydrogens (tertiary/aromatic N) is 1. The molecule has 4 fully saturated rings. The summed E-state index contributed by atoms with van der Waals surface area (Å²) in [6.07, 6.45) is 17.7. The van der Waals surface area contributed by atoms with Crippen molar-refractivity contribution in [3.8, 4) is 0 Å². The van der Waals surface area contributed by atoms with Crippen LogP contribution in [0.1, 0.15) is 104 Å². The predicted molar refractivity (Wildman–Crippen MR) is 139 cm³/mol. The summed E-state index contributed by atoms with van der Waals surface area (Å²) in [6, 6.07) is 0. The van der Waals surface area contributed by atoms with Crippen molar-refractivity contribution in [3.63, 3.8) is 0 Å². The number of carbonyl (C=O) groups excluding carboxylic acids is 1. The van der Waals surface area contributed by atoms with Gasteiger partial charge in [-0.3, -0.25) is 4.79 Å². The fourth-order valence-electron chi connectivity index (χ4n) is 9.70. The average molecular weight is 587 g/mol. The van der Waals surface area contributed by atoms with Gasteiger partial charge < -0.3 is 33.8 Å². The number of hydrogen-bond donors (Lipinski definition) is 1. The first-order valence-electron chi connectivity index (χ1n) is 14.6. The van der Waals surface area contributed by atoms with Gasteiger partial charge in [0.2, 0.25) is 5.91 Å². The summed E-state index contributed by atoms with van der Waals surface area (Å²) in [5, 5.41) is 3.19. The minimum absolute atomic E-state index is 0. The van der Waals surface area contributed by atoms with E-state index in [0.29, 0.717) is 23.2 Å². The van der Waals surface area contributed by atoms with Crippen LogP contribution >= 0.6 is 0 Å². The Labute approximate surface area is 228 Å². The lowest BCUT2D eigenvalue weighted by molar-refractivity contribution is -0.870. The molecule has 0 radical (unpaired) electrons. The molecule has 198 valence electrons. The van der Waals surface area contributed by atoms with Gasteiger partial charge in [-0.05, 0) is 104 Å². The first kappa shape index (κ1) is 28.7. The van der Waals surface area contributed by atoms with E-state index < -0.39 is 0 Å². The molecule has 3 nitrogen and oxygen atoms in total. The maximum atomic E-state index is 12.5.